The number of nitrogens with one attached hydrogen (secondary N) is 5. The molecule has 3 aromatic carbocycles. The number of aromatic amines is 1. The first kappa shape index (κ1) is 35.2. The van der Waals surface area contributed by atoms with Gasteiger partial charge in [-0.15, -0.1) is 0 Å². The monoisotopic (exact) mass is 653 g/mol. The van der Waals surface area contributed by atoms with Crippen molar-refractivity contribution < 1.29 is 24.3 Å². The highest BCUT2D eigenvalue weighted by Gasteiger charge is 2.26. The number of hydrogen-bond donors (Lipinski definition) is 7. The SMILES string of the molecule is CCC=C(NC(C)C(=O)NN(Cc1ccc(O)cc1)C(=O)NCC=O)C(Cc1c[nH]c2ccccc12)NC(=O)C(N)Cc1ccccc1. The maximum absolute atomic E-state index is 13.5. The van der Waals surface area contributed by atoms with Crippen LogP contribution in [0.1, 0.15) is 37.0 Å². The third-order valence-corrected chi connectivity index (χ3v) is 7.73. The number of para-hydroxylation sites is 1. The topological polar surface area (TPSA) is 182 Å². The smallest absolute Gasteiger partial charge is 0.336 e. The van der Waals surface area contributed by atoms with E-state index in [-0.39, 0.29) is 24.7 Å². The van der Waals surface area contributed by atoms with Gasteiger partial charge in [-0.25, -0.2) is 9.80 Å². The highest BCUT2D eigenvalue weighted by atomic mass is 16.3. The molecule has 0 bridgehead atoms. The first-order valence-electron chi connectivity index (χ1n) is 15.9. The van der Waals surface area contributed by atoms with E-state index in [9.17, 15) is 24.3 Å². The van der Waals surface area contributed by atoms with Gasteiger partial charge in [-0.05, 0) is 54.7 Å². The summed E-state index contributed by atoms with van der Waals surface area (Å²) >= 11 is 0. The van der Waals surface area contributed by atoms with E-state index in [0.717, 1.165) is 27.0 Å². The Hall–Kier alpha value is -5.62. The van der Waals surface area contributed by atoms with Crippen molar-refractivity contribution in [3.8, 4) is 5.75 Å². The van der Waals surface area contributed by atoms with Crippen molar-refractivity contribution in [2.45, 2.75) is 57.8 Å². The zero-order valence-corrected chi connectivity index (χ0v) is 27.1. The van der Waals surface area contributed by atoms with Gasteiger partial charge in [-0.1, -0.05) is 73.7 Å². The number of urea groups is 1. The number of aromatic hydroxyl groups is 1. The first-order chi connectivity index (χ1) is 23.2. The molecule has 0 spiro atoms. The minimum atomic E-state index is -0.857. The van der Waals surface area contributed by atoms with Gasteiger partial charge in [-0.3, -0.25) is 15.0 Å². The lowest BCUT2D eigenvalue weighted by molar-refractivity contribution is -0.126. The fourth-order valence-electron chi connectivity index (χ4n) is 5.24. The van der Waals surface area contributed by atoms with Crippen LogP contribution in [0.2, 0.25) is 0 Å². The molecular formula is C36H43N7O5. The molecule has 0 saturated carbocycles. The summed E-state index contributed by atoms with van der Waals surface area (Å²) < 4.78 is 0. The van der Waals surface area contributed by atoms with Crippen molar-refractivity contribution in [1.82, 2.24) is 31.4 Å². The molecule has 252 valence electrons. The molecule has 0 radical (unpaired) electrons. The van der Waals surface area contributed by atoms with E-state index in [1.165, 1.54) is 12.1 Å². The number of rotatable bonds is 15. The number of aromatic nitrogens is 1. The Balaban J connectivity index is 1.54. The van der Waals surface area contributed by atoms with Gasteiger partial charge in [0.2, 0.25) is 5.91 Å². The summed E-state index contributed by atoms with van der Waals surface area (Å²) in [5.41, 5.74) is 13.1. The minimum absolute atomic E-state index is 0.0281. The number of nitrogens with zero attached hydrogens (tertiary/aromatic N) is 1. The van der Waals surface area contributed by atoms with Crippen LogP contribution in [0.3, 0.4) is 0 Å². The Bertz CT molecular complexity index is 1700. The lowest BCUT2D eigenvalue weighted by Crippen LogP contribution is -2.56. The summed E-state index contributed by atoms with van der Waals surface area (Å²) in [6.45, 7) is 3.33. The van der Waals surface area contributed by atoms with Gasteiger partial charge in [0.25, 0.3) is 5.91 Å². The maximum Gasteiger partial charge on any atom is 0.336 e. The summed E-state index contributed by atoms with van der Waals surface area (Å²) in [5, 5.41) is 20.5. The molecule has 12 heteroatoms. The molecule has 1 aromatic heterocycles. The molecule has 4 aromatic rings. The van der Waals surface area contributed by atoms with Crippen LogP contribution in [-0.2, 0) is 33.8 Å². The van der Waals surface area contributed by atoms with Gasteiger partial charge in [0.05, 0.1) is 25.2 Å². The number of amides is 4. The Morgan fingerprint density at radius 1 is 0.917 bits per heavy atom. The molecule has 0 aliphatic carbocycles. The number of nitrogens with two attached hydrogens (primary N) is 1. The highest BCUT2D eigenvalue weighted by molar-refractivity contribution is 5.86. The van der Waals surface area contributed by atoms with Crippen molar-refractivity contribution in [1.29, 1.82) is 0 Å². The number of phenolic OH excluding ortho intramolecular Hbond substituents is 1. The largest absolute Gasteiger partial charge is 0.508 e. The Morgan fingerprint density at radius 3 is 2.33 bits per heavy atom. The van der Waals surface area contributed by atoms with Gasteiger partial charge < -0.3 is 36.6 Å². The Labute approximate surface area is 279 Å². The molecule has 48 heavy (non-hydrogen) atoms. The van der Waals surface area contributed by atoms with Crippen molar-refractivity contribution >= 4 is 35.0 Å². The van der Waals surface area contributed by atoms with Crippen molar-refractivity contribution in [3.05, 3.63) is 114 Å². The van der Waals surface area contributed by atoms with Gasteiger partial charge in [0.15, 0.2) is 0 Å². The number of aldehydes is 1. The highest BCUT2D eigenvalue weighted by Crippen LogP contribution is 2.21. The number of H-pyrrole nitrogens is 1. The summed E-state index contributed by atoms with van der Waals surface area (Å²) in [6.07, 6.45) is 5.73. The van der Waals surface area contributed by atoms with E-state index >= 15 is 0 Å². The van der Waals surface area contributed by atoms with Crippen LogP contribution < -0.4 is 27.1 Å². The zero-order valence-electron chi connectivity index (χ0n) is 27.1. The lowest BCUT2D eigenvalue weighted by Gasteiger charge is -2.29. The molecule has 0 aliphatic heterocycles. The van der Waals surface area contributed by atoms with E-state index in [0.29, 0.717) is 36.8 Å². The standard InChI is InChI=1S/C36H43N7O5/c1-3-9-32(40-24(2)34(46)42-43(36(48)38-18-19-44)23-26-14-16-28(45)17-15-26)33(21-27-22-39-31-13-8-7-12-29(27)31)41-35(47)30(37)20-25-10-5-4-6-11-25/h4-17,19,22,24,30,33,39-40,45H,3,18,20-21,23,37H2,1-2H3,(H,38,48)(H,41,47)(H,42,46). The van der Waals surface area contributed by atoms with Gasteiger partial charge >= 0.3 is 6.03 Å². The molecule has 0 fully saturated rings. The molecule has 0 aliphatic rings. The van der Waals surface area contributed by atoms with E-state index in [2.05, 4.69) is 26.4 Å². The molecule has 3 atom stereocenters. The molecule has 8 N–H and O–H groups in total. The minimum Gasteiger partial charge on any atom is -0.508 e. The number of hydrogen-bond acceptors (Lipinski definition) is 7. The predicted octanol–water partition coefficient (Wildman–Crippen LogP) is 3.18. The second-order valence-corrected chi connectivity index (χ2v) is 11.4. The molecule has 1 heterocycles. The molecule has 3 unspecified atom stereocenters. The maximum atomic E-state index is 13.5. The number of phenols is 1. The number of carbonyl (C=O) groups is 4. The molecule has 12 nitrogen and oxygen atoms in total. The second-order valence-electron chi connectivity index (χ2n) is 11.4. The number of fused-ring (bicyclic) bond motifs is 1. The lowest BCUT2D eigenvalue weighted by atomic mass is 9.99. The number of carbonyl (C=O) groups excluding carboxylic acids is 4. The summed E-state index contributed by atoms with van der Waals surface area (Å²) in [4.78, 5) is 54.1. The van der Waals surface area contributed by atoms with Gasteiger partial charge in [-0.2, -0.15) is 0 Å². The molecular weight excluding hydrogens is 610 g/mol. The molecule has 0 saturated heterocycles. The zero-order chi connectivity index (χ0) is 34.5. The van der Waals surface area contributed by atoms with Crippen molar-refractivity contribution in [2.24, 2.45) is 5.73 Å². The van der Waals surface area contributed by atoms with Crippen LogP contribution in [0.15, 0.2) is 96.8 Å². The average molecular weight is 654 g/mol. The summed E-state index contributed by atoms with van der Waals surface area (Å²) in [6, 6.07) is 20.7. The van der Waals surface area contributed by atoms with E-state index in [1.807, 2.05) is 73.8 Å². The van der Waals surface area contributed by atoms with Gasteiger partial charge in [0.1, 0.15) is 18.1 Å². The third-order valence-electron chi connectivity index (χ3n) is 7.73. The van der Waals surface area contributed by atoms with Crippen molar-refractivity contribution in [2.75, 3.05) is 6.54 Å². The van der Waals surface area contributed by atoms with Crippen LogP contribution in [0.25, 0.3) is 10.9 Å². The van der Waals surface area contributed by atoms with Crippen LogP contribution in [0.4, 0.5) is 4.79 Å². The second kappa shape index (κ2) is 17.3. The van der Waals surface area contributed by atoms with E-state index in [1.54, 1.807) is 19.1 Å². The van der Waals surface area contributed by atoms with Crippen molar-refractivity contribution in [3.63, 3.8) is 0 Å². The first-order valence-corrected chi connectivity index (χ1v) is 15.9. The van der Waals surface area contributed by atoms with Crippen LogP contribution in [0, 0.1) is 0 Å². The molecule has 4 amide bonds. The summed E-state index contributed by atoms with van der Waals surface area (Å²) in [7, 11) is 0. The van der Waals surface area contributed by atoms with E-state index < -0.39 is 30.1 Å². The average Bonchev–Trinajstić information content (AvgIpc) is 3.50. The third kappa shape index (κ3) is 9.94. The number of hydrazine groups is 1. The normalized spacial score (nSPS) is 13.2. The number of allylic oxidation sites excluding steroid dienone is 1. The van der Waals surface area contributed by atoms with Gasteiger partial charge in [0, 0.05) is 29.2 Å². The van der Waals surface area contributed by atoms with E-state index in [4.69, 9.17) is 5.73 Å². The van der Waals surface area contributed by atoms with Crippen LogP contribution in [0.5, 0.6) is 5.75 Å². The van der Waals surface area contributed by atoms with Crippen LogP contribution >= 0.6 is 0 Å². The Kier molecular flexibility index (Phi) is 12.7. The Morgan fingerprint density at radius 2 is 1.62 bits per heavy atom. The molecule has 4 rings (SSSR count). The number of benzene rings is 3. The predicted molar refractivity (Wildman–Crippen MR) is 184 cm³/mol. The quantitative estimate of drug-likeness (QED) is 0.0760. The fourth-order valence-corrected chi connectivity index (χ4v) is 5.24. The summed E-state index contributed by atoms with van der Waals surface area (Å²) in [5.74, 6) is -0.811. The van der Waals surface area contributed by atoms with Crippen LogP contribution in [-0.4, -0.2) is 63.9 Å². The fraction of sp³-hybridized carbons (Fsp3) is 0.278.